The van der Waals surface area contributed by atoms with Gasteiger partial charge in [0.25, 0.3) is 0 Å². The third kappa shape index (κ3) is 5.98. The van der Waals surface area contributed by atoms with E-state index in [0.29, 0.717) is 11.4 Å². The highest BCUT2D eigenvalue weighted by Crippen LogP contribution is 2.22. The Morgan fingerprint density at radius 3 is 2.27 bits per heavy atom. The first-order valence-corrected chi connectivity index (χ1v) is 9.38. The Balaban J connectivity index is 0.00000243. The predicted molar refractivity (Wildman–Crippen MR) is 113 cm³/mol. The van der Waals surface area contributed by atoms with Crippen LogP contribution in [0.4, 0.5) is 0 Å². The number of hydrogen-bond donors (Lipinski definition) is 0. The zero-order valence-corrected chi connectivity index (χ0v) is 16.4. The SMILES string of the molecule is Cl.O=C(CCN1CCCCC1)/C(=C\c1ccc(Cl)cc1)c1ccccc1. The first-order chi connectivity index (χ1) is 12.2. The molecule has 0 bridgehead atoms. The van der Waals surface area contributed by atoms with Gasteiger partial charge in [-0.1, -0.05) is 60.5 Å². The van der Waals surface area contributed by atoms with Gasteiger partial charge >= 0.3 is 0 Å². The average Bonchev–Trinajstić information content (AvgIpc) is 2.67. The molecule has 0 spiro atoms. The molecular formula is C22H25Cl2NO. The number of allylic oxidation sites excluding steroid dienone is 1. The second-order valence-corrected chi connectivity index (χ2v) is 6.99. The average molecular weight is 390 g/mol. The van der Waals surface area contributed by atoms with E-state index in [1.165, 1.54) is 19.3 Å². The van der Waals surface area contributed by atoms with Crippen LogP contribution in [0.2, 0.25) is 5.02 Å². The van der Waals surface area contributed by atoms with E-state index in [4.69, 9.17) is 11.6 Å². The first kappa shape index (κ1) is 20.7. The van der Waals surface area contributed by atoms with E-state index in [1.807, 2.05) is 60.7 Å². The minimum absolute atomic E-state index is 0. The number of piperidine rings is 1. The smallest absolute Gasteiger partial charge is 0.164 e. The van der Waals surface area contributed by atoms with E-state index >= 15 is 0 Å². The van der Waals surface area contributed by atoms with Crippen LogP contribution in [-0.2, 0) is 4.79 Å². The van der Waals surface area contributed by atoms with Gasteiger partial charge in [-0.2, -0.15) is 0 Å². The van der Waals surface area contributed by atoms with Crippen LogP contribution >= 0.6 is 24.0 Å². The van der Waals surface area contributed by atoms with Gasteiger partial charge in [-0.05, 0) is 55.3 Å². The van der Waals surface area contributed by atoms with E-state index in [0.717, 1.165) is 36.3 Å². The molecule has 1 heterocycles. The standard InChI is InChI=1S/C22H24ClNO.ClH/c23-20-11-9-18(10-12-20)17-21(19-7-3-1-4-8-19)22(25)13-16-24-14-5-2-6-15-24;/h1,3-4,7-12,17H,2,5-6,13-16H2;1H/b21-17-;. The molecule has 4 heteroatoms. The molecule has 138 valence electrons. The summed E-state index contributed by atoms with van der Waals surface area (Å²) in [5.41, 5.74) is 2.75. The molecule has 0 aromatic heterocycles. The number of Topliss-reactive ketones (excluding diaryl/α,β-unsaturated/α-hetero) is 1. The summed E-state index contributed by atoms with van der Waals surface area (Å²) >= 11 is 5.97. The molecule has 2 aromatic rings. The summed E-state index contributed by atoms with van der Waals surface area (Å²) in [6, 6.07) is 17.5. The molecule has 0 amide bonds. The van der Waals surface area contributed by atoms with E-state index < -0.39 is 0 Å². The molecule has 0 atom stereocenters. The molecule has 26 heavy (non-hydrogen) atoms. The Morgan fingerprint density at radius 1 is 0.962 bits per heavy atom. The predicted octanol–water partition coefficient (Wildman–Crippen LogP) is 5.75. The third-order valence-corrected chi connectivity index (χ3v) is 4.92. The van der Waals surface area contributed by atoms with Crippen molar-refractivity contribution in [3.63, 3.8) is 0 Å². The van der Waals surface area contributed by atoms with Crippen molar-refractivity contribution in [2.45, 2.75) is 25.7 Å². The maximum Gasteiger partial charge on any atom is 0.164 e. The minimum Gasteiger partial charge on any atom is -0.303 e. The number of rotatable bonds is 6. The van der Waals surface area contributed by atoms with Crippen molar-refractivity contribution in [2.24, 2.45) is 0 Å². The second kappa shape index (κ2) is 10.5. The lowest BCUT2D eigenvalue weighted by Crippen LogP contribution is -2.31. The van der Waals surface area contributed by atoms with Gasteiger partial charge in [0.2, 0.25) is 0 Å². The van der Waals surface area contributed by atoms with Crippen molar-refractivity contribution in [3.8, 4) is 0 Å². The Hall–Kier alpha value is -1.61. The van der Waals surface area contributed by atoms with Gasteiger partial charge in [0.05, 0.1) is 0 Å². The van der Waals surface area contributed by atoms with Crippen molar-refractivity contribution in [1.29, 1.82) is 0 Å². The number of halogens is 2. The number of likely N-dealkylation sites (tertiary alicyclic amines) is 1. The maximum atomic E-state index is 12.9. The Kier molecular flexibility index (Phi) is 8.37. The molecule has 0 saturated carbocycles. The molecule has 1 saturated heterocycles. The molecule has 1 aliphatic rings. The number of carbonyl (C=O) groups excluding carboxylic acids is 1. The van der Waals surface area contributed by atoms with Gasteiger partial charge in [0.1, 0.15) is 0 Å². The fraction of sp³-hybridized carbons (Fsp3) is 0.318. The summed E-state index contributed by atoms with van der Waals surface area (Å²) < 4.78 is 0. The number of benzene rings is 2. The Morgan fingerprint density at radius 2 is 1.62 bits per heavy atom. The topological polar surface area (TPSA) is 20.3 Å². The lowest BCUT2D eigenvalue weighted by molar-refractivity contribution is -0.114. The van der Waals surface area contributed by atoms with Crippen molar-refractivity contribution in [2.75, 3.05) is 19.6 Å². The van der Waals surface area contributed by atoms with Crippen molar-refractivity contribution >= 4 is 41.4 Å². The van der Waals surface area contributed by atoms with Crippen LogP contribution < -0.4 is 0 Å². The fourth-order valence-corrected chi connectivity index (χ4v) is 3.37. The van der Waals surface area contributed by atoms with Crippen LogP contribution in [0.5, 0.6) is 0 Å². The van der Waals surface area contributed by atoms with Gasteiger partial charge in [0.15, 0.2) is 5.78 Å². The van der Waals surface area contributed by atoms with Crippen LogP contribution in [0, 0.1) is 0 Å². The summed E-state index contributed by atoms with van der Waals surface area (Å²) in [5.74, 6) is 0.201. The highest BCUT2D eigenvalue weighted by Gasteiger charge is 2.15. The van der Waals surface area contributed by atoms with Crippen LogP contribution in [0.1, 0.15) is 36.8 Å². The zero-order valence-electron chi connectivity index (χ0n) is 14.9. The van der Waals surface area contributed by atoms with Crippen LogP contribution in [0.15, 0.2) is 54.6 Å². The Labute approximate surface area is 167 Å². The normalized spacial score (nSPS) is 15.3. The van der Waals surface area contributed by atoms with Gasteiger partial charge in [-0.15, -0.1) is 12.4 Å². The Bertz CT molecular complexity index is 720. The van der Waals surface area contributed by atoms with Crippen LogP contribution in [-0.4, -0.2) is 30.3 Å². The fourth-order valence-electron chi connectivity index (χ4n) is 3.25. The highest BCUT2D eigenvalue weighted by atomic mass is 35.5. The van der Waals surface area contributed by atoms with E-state index in [1.54, 1.807) is 0 Å². The summed E-state index contributed by atoms with van der Waals surface area (Å²) in [6.07, 6.45) is 6.36. The molecule has 1 fully saturated rings. The molecule has 0 radical (unpaired) electrons. The first-order valence-electron chi connectivity index (χ1n) is 9.00. The van der Waals surface area contributed by atoms with E-state index in [-0.39, 0.29) is 18.2 Å². The summed E-state index contributed by atoms with van der Waals surface area (Å²) in [5, 5.41) is 0.704. The van der Waals surface area contributed by atoms with Crippen molar-refractivity contribution in [1.82, 2.24) is 4.90 Å². The molecular weight excluding hydrogens is 365 g/mol. The second-order valence-electron chi connectivity index (χ2n) is 6.55. The lowest BCUT2D eigenvalue weighted by Gasteiger charge is -2.26. The van der Waals surface area contributed by atoms with Gasteiger partial charge in [-0.3, -0.25) is 4.79 Å². The molecule has 3 rings (SSSR count). The molecule has 2 aromatic carbocycles. The minimum atomic E-state index is 0. The highest BCUT2D eigenvalue weighted by molar-refractivity contribution is 6.30. The van der Waals surface area contributed by atoms with Crippen molar-refractivity contribution < 1.29 is 4.79 Å². The van der Waals surface area contributed by atoms with E-state index in [2.05, 4.69) is 4.90 Å². The summed E-state index contributed by atoms with van der Waals surface area (Å²) in [6.45, 7) is 3.09. The monoisotopic (exact) mass is 389 g/mol. The molecule has 2 nitrogen and oxygen atoms in total. The number of carbonyl (C=O) groups is 1. The molecule has 0 aliphatic carbocycles. The lowest BCUT2D eigenvalue weighted by atomic mass is 9.97. The largest absolute Gasteiger partial charge is 0.303 e. The van der Waals surface area contributed by atoms with Gasteiger partial charge in [-0.25, -0.2) is 0 Å². The molecule has 0 N–H and O–H groups in total. The van der Waals surface area contributed by atoms with Gasteiger partial charge in [0, 0.05) is 23.6 Å². The van der Waals surface area contributed by atoms with Crippen LogP contribution in [0.25, 0.3) is 11.6 Å². The quantitative estimate of drug-likeness (QED) is 0.463. The van der Waals surface area contributed by atoms with Gasteiger partial charge < -0.3 is 4.90 Å². The number of hydrogen-bond acceptors (Lipinski definition) is 2. The molecule has 0 unspecified atom stereocenters. The zero-order chi connectivity index (χ0) is 17.5. The number of ketones is 1. The van der Waals surface area contributed by atoms with E-state index in [9.17, 15) is 4.79 Å². The number of nitrogens with zero attached hydrogens (tertiary/aromatic N) is 1. The summed E-state index contributed by atoms with van der Waals surface area (Å²) in [4.78, 5) is 15.3. The summed E-state index contributed by atoms with van der Waals surface area (Å²) in [7, 11) is 0. The molecule has 1 aliphatic heterocycles. The maximum absolute atomic E-state index is 12.9. The van der Waals surface area contributed by atoms with Crippen LogP contribution in [0.3, 0.4) is 0 Å². The van der Waals surface area contributed by atoms with Crippen molar-refractivity contribution in [3.05, 3.63) is 70.7 Å². The third-order valence-electron chi connectivity index (χ3n) is 4.67.